The van der Waals surface area contributed by atoms with Crippen LogP contribution in [-0.2, 0) is 16.6 Å². The van der Waals surface area contributed by atoms with E-state index < -0.39 is 10.0 Å². The fourth-order valence-corrected chi connectivity index (χ4v) is 4.55. The molecule has 0 aliphatic carbocycles. The quantitative estimate of drug-likeness (QED) is 0.496. The van der Waals surface area contributed by atoms with Crippen LogP contribution in [0, 0.1) is 5.82 Å². The Labute approximate surface area is 183 Å². The van der Waals surface area contributed by atoms with E-state index in [4.69, 9.17) is 0 Å². The number of aromatic nitrogens is 1. The van der Waals surface area contributed by atoms with Crippen LogP contribution in [0.15, 0.2) is 52.5 Å². The molecule has 2 heterocycles. The van der Waals surface area contributed by atoms with Gasteiger partial charge in [-0.1, -0.05) is 18.2 Å². The lowest BCUT2D eigenvalue weighted by Crippen LogP contribution is -2.44. The smallest absolute Gasteiger partial charge is 0.242 e. The van der Waals surface area contributed by atoms with Gasteiger partial charge in [0.1, 0.15) is 0 Å². The van der Waals surface area contributed by atoms with Crippen LogP contribution in [0.2, 0.25) is 0 Å². The van der Waals surface area contributed by atoms with Gasteiger partial charge < -0.3 is 15.5 Å². The van der Waals surface area contributed by atoms with Crippen molar-refractivity contribution < 1.29 is 12.8 Å². The minimum Gasteiger partial charge on any atom is -0.357 e. The zero-order chi connectivity index (χ0) is 22.4. The topological polar surface area (TPSA) is 89.9 Å². The van der Waals surface area contributed by atoms with E-state index in [2.05, 4.69) is 20.6 Å². The molecule has 2 aromatic rings. The van der Waals surface area contributed by atoms with E-state index in [1.54, 1.807) is 36.5 Å². The Morgan fingerprint density at radius 3 is 2.77 bits per heavy atom. The lowest BCUT2D eigenvalue weighted by Gasteiger charge is -2.20. The molecule has 1 unspecified atom stereocenters. The van der Waals surface area contributed by atoms with E-state index in [0.29, 0.717) is 37.0 Å². The van der Waals surface area contributed by atoms with E-state index in [1.165, 1.54) is 24.5 Å². The van der Waals surface area contributed by atoms with Gasteiger partial charge in [0, 0.05) is 46.0 Å². The molecule has 8 nitrogen and oxygen atoms in total. The van der Waals surface area contributed by atoms with Crippen LogP contribution in [0.3, 0.4) is 0 Å². The first-order valence-corrected chi connectivity index (χ1v) is 11.7. The van der Waals surface area contributed by atoms with Crippen LogP contribution < -0.4 is 15.5 Å². The van der Waals surface area contributed by atoms with Crippen molar-refractivity contribution in [3.63, 3.8) is 0 Å². The van der Waals surface area contributed by atoms with Crippen LogP contribution in [0.4, 0.5) is 10.2 Å². The number of sulfonamides is 1. The second-order valence-electron chi connectivity index (χ2n) is 7.48. The third-order valence-corrected chi connectivity index (χ3v) is 6.97. The first kappa shape index (κ1) is 23.0. The van der Waals surface area contributed by atoms with Gasteiger partial charge in [-0.2, -0.15) is 0 Å². The Morgan fingerprint density at radius 1 is 1.29 bits per heavy atom. The van der Waals surface area contributed by atoms with Gasteiger partial charge in [0.2, 0.25) is 10.0 Å². The van der Waals surface area contributed by atoms with Gasteiger partial charge in [-0.05, 0) is 37.1 Å². The molecule has 1 aromatic heterocycles. The van der Waals surface area contributed by atoms with E-state index in [1.807, 2.05) is 11.8 Å². The molecule has 1 aromatic carbocycles. The second kappa shape index (κ2) is 10.1. The Bertz CT molecular complexity index is 1030. The lowest BCUT2D eigenvalue weighted by molar-refractivity contribution is 0.519. The van der Waals surface area contributed by atoms with E-state index in [9.17, 15) is 12.8 Å². The molecule has 1 atom stereocenters. The monoisotopic (exact) mass is 448 g/mol. The van der Waals surface area contributed by atoms with Crippen molar-refractivity contribution in [2.45, 2.75) is 30.8 Å². The molecule has 0 amide bonds. The number of hydrogen-bond acceptors (Lipinski definition) is 5. The van der Waals surface area contributed by atoms with Crippen molar-refractivity contribution in [3.8, 4) is 0 Å². The van der Waals surface area contributed by atoms with Crippen LogP contribution >= 0.6 is 0 Å². The minimum atomic E-state index is -3.56. The van der Waals surface area contributed by atoms with E-state index in [0.717, 1.165) is 6.42 Å². The van der Waals surface area contributed by atoms with Crippen molar-refractivity contribution in [1.82, 2.24) is 19.9 Å². The van der Waals surface area contributed by atoms with Gasteiger partial charge in [0.05, 0.1) is 11.4 Å². The molecule has 31 heavy (non-hydrogen) atoms. The number of nitrogens with one attached hydrogen (secondary N) is 2. The summed E-state index contributed by atoms with van der Waals surface area (Å²) >= 11 is 0. The van der Waals surface area contributed by atoms with Gasteiger partial charge >= 0.3 is 0 Å². The number of anilines is 1. The lowest BCUT2D eigenvalue weighted by atomic mass is 10.2. The average Bonchev–Trinajstić information content (AvgIpc) is 3.21. The molecule has 1 fully saturated rings. The van der Waals surface area contributed by atoms with E-state index >= 15 is 0 Å². The highest BCUT2D eigenvalue weighted by Crippen LogP contribution is 2.21. The maximum atomic E-state index is 14.0. The highest BCUT2D eigenvalue weighted by molar-refractivity contribution is 7.89. The number of benzene rings is 1. The summed E-state index contributed by atoms with van der Waals surface area (Å²) in [6, 6.07) is 9.93. The van der Waals surface area contributed by atoms with Gasteiger partial charge in [-0.15, -0.1) is 0 Å². The number of guanidine groups is 1. The molecule has 0 spiro atoms. The second-order valence-corrected chi connectivity index (χ2v) is 9.60. The molecular formula is C21H29FN6O2S. The largest absolute Gasteiger partial charge is 0.357 e. The Morgan fingerprint density at radius 2 is 2.06 bits per heavy atom. The zero-order valence-electron chi connectivity index (χ0n) is 18.0. The molecule has 1 aliphatic heterocycles. The molecule has 1 aliphatic rings. The first-order chi connectivity index (χ1) is 14.8. The van der Waals surface area contributed by atoms with Crippen LogP contribution in [0.25, 0.3) is 0 Å². The van der Waals surface area contributed by atoms with Crippen LogP contribution in [-0.4, -0.2) is 63.4 Å². The van der Waals surface area contributed by atoms with Crippen molar-refractivity contribution in [1.29, 1.82) is 0 Å². The number of pyridine rings is 1. The predicted octanol–water partition coefficient (Wildman–Crippen LogP) is 1.81. The molecule has 168 valence electrons. The highest BCUT2D eigenvalue weighted by Gasteiger charge is 2.26. The Balaban J connectivity index is 1.72. The summed E-state index contributed by atoms with van der Waals surface area (Å²) in [6.45, 7) is 4.13. The third-order valence-electron chi connectivity index (χ3n) is 5.05. The summed E-state index contributed by atoms with van der Waals surface area (Å²) < 4.78 is 40.4. The number of aliphatic imine (C=N–C) groups is 1. The van der Waals surface area contributed by atoms with Crippen molar-refractivity contribution in [2.24, 2.45) is 4.99 Å². The van der Waals surface area contributed by atoms with E-state index in [-0.39, 0.29) is 23.3 Å². The summed E-state index contributed by atoms with van der Waals surface area (Å²) in [5, 5.41) is 6.57. The van der Waals surface area contributed by atoms with Gasteiger partial charge in [-0.3, -0.25) is 0 Å². The fraction of sp³-hybridized carbons (Fsp3) is 0.429. The standard InChI is InChI=1S/C21H29FN6O2S/c1-4-23-21(25-14-16-8-5-6-10-19(16)31(29,30)27(2)3)26-17-11-13-28(15-17)20-18(22)9-7-12-24-20/h5-10,12,17H,4,11,13-15H2,1-3H3,(H2,23,25,26). The molecule has 10 heteroatoms. The normalized spacial score (nSPS) is 17.3. The summed E-state index contributed by atoms with van der Waals surface area (Å²) in [7, 11) is -0.536. The van der Waals surface area contributed by atoms with Crippen LogP contribution in [0.1, 0.15) is 18.9 Å². The first-order valence-electron chi connectivity index (χ1n) is 10.2. The third kappa shape index (κ3) is 5.50. The molecule has 3 rings (SSSR count). The molecule has 0 saturated carbocycles. The zero-order valence-corrected chi connectivity index (χ0v) is 18.9. The minimum absolute atomic E-state index is 0.0694. The van der Waals surface area contributed by atoms with Crippen molar-refractivity contribution in [2.75, 3.05) is 38.6 Å². The number of hydrogen-bond donors (Lipinski definition) is 2. The Kier molecular flexibility index (Phi) is 7.45. The predicted molar refractivity (Wildman–Crippen MR) is 120 cm³/mol. The van der Waals surface area contributed by atoms with Crippen LogP contribution in [0.5, 0.6) is 0 Å². The van der Waals surface area contributed by atoms with Gasteiger partial charge in [-0.25, -0.2) is 27.1 Å². The number of rotatable bonds is 7. The average molecular weight is 449 g/mol. The molecule has 2 N–H and O–H groups in total. The summed E-state index contributed by atoms with van der Waals surface area (Å²) in [5.41, 5.74) is 0.622. The molecular weight excluding hydrogens is 419 g/mol. The van der Waals surface area contributed by atoms with Gasteiger partial charge in [0.25, 0.3) is 0 Å². The highest BCUT2D eigenvalue weighted by atomic mass is 32.2. The molecule has 0 bridgehead atoms. The summed E-state index contributed by atoms with van der Waals surface area (Å²) in [4.78, 5) is 10.9. The maximum Gasteiger partial charge on any atom is 0.242 e. The van der Waals surface area contributed by atoms with Crippen molar-refractivity contribution in [3.05, 3.63) is 54.0 Å². The fourth-order valence-electron chi connectivity index (χ4n) is 3.44. The maximum absolute atomic E-state index is 14.0. The van der Waals surface area contributed by atoms with Gasteiger partial charge in [0.15, 0.2) is 17.6 Å². The SMILES string of the molecule is CCNC(=NCc1ccccc1S(=O)(=O)N(C)C)NC1CCN(c2ncccc2F)C1. The summed E-state index contributed by atoms with van der Waals surface area (Å²) in [6.07, 6.45) is 2.40. The summed E-state index contributed by atoms with van der Waals surface area (Å²) in [5.74, 6) is 0.617. The van der Waals surface area contributed by atoms with Crippen molar-refractivity contribution >= 4 is 21.8 Å². The molecule has 0 radical (unpaired) electrons. The number of halogens is 1. The Hall–Kier alpha value is -2.72. The molecule has 1 saturated heterocycles. The number of nitrogens with zero attached hydrogens (tertiary/aromatic N) is 4.